The van der Waals surface area contributed by atoms with Gasteiger partial charge in [0.25, 0.3) is 0 Å². The molecular weight excluding hydrogens is 255 g/mol. The van der Waals surface area contributed by atoms with Gasteiger partial charge in [0.2, 0.25) is 0 Å². The lowest BCUT2D eigenvalue weighted by molar-refractivity contribution is 0.475. The molecule has 0 radical (unpaired) electrons. The van der Waals surface area contributed by atoms with Gasteiger partial charge in [0.1, 0.15) is 5.75 Å². The van der Waals surface area contributed by atoms with E-state index in [4.69, 9.17) is 23.2 Å². The van der Waals surface area contributed by atoms with Gasteiger partial charge < -0.3 is 5.11 Å². The average molecular weight is 265 g/mol. The van der Waals surface area contributed by atoms with Crippen molar-refractivity contribution in [3.05, 3.63) is 63.6 Å². The van der Waals surface area contributed by atoms with E-state index < -0.39 is 0 Å². The molecule has 1 N–H and O–H groups in total. The number of aromatic hydroxyl groups is 1. The van der Waals surface area contributed by atoms with Gasteiger partial charge in [-0.3, -0.25) is 0 Å². The van der Waals surface area contributed by atoms with Crippen LogP contribution in [-0.2, 0) is 0 Å². The van der Waals surface area contributed by atoms with Crippen LogP contribution in [0.4, 0.5) is 0 Å². The lowest BCUT2D eigenvalue weighted by Gasteiger charge is -1.98. The fourth-order valence-electron chi connectivity index (χ4n) is 1.44. The SMILES string of the molecule is Oc1cccc(C=Cc2ccc(Cl)c(Cl)c2)c1. The van der Waals surface area contributed by atoms with Crippen LogP contribution in [0.5, 0.6) is 5.75 Å². The van der Waals surface area contributed by atoms with E-state index in [1.807, 2.05) is 24.3 Å². The minimum absolute atomic E-state index is 0.251. The maximum Gasteiger partial charge on any atom is 0.116 e. The van der Waals surface area contributed by atoms with Crippen molar-refractivity contribution >= 4 is 35.4 Å². The Bertz CT molecular complexity index is 562. The lowest BCUT2D eigenvalue weighted by Crippen LogP contribution is -1.75. The molecule has 1 nitrogen and oxygen atoms in total. The molecule has 0 spiro atoms. The number of hydrogen-bond acceptors (Lipinski definition) is 1. The zero-order valence-corrected chi connectivity index (χ0v) is 10.4. The molecule has 0 bridgehead atoms. The Kier molecular flexibility index (Phi) is 3.72. The summed E-state index contributed by atoms with van der Waals surface area (Å²) < 4.78 is 0. The third-order valence-electron chi connectivity index (χ3n) is 2.28. The Morgan fingerprint density at radius 1 is 0.824 bits per heavy atom. The van der Waals surface area contributed by atoms with Crippen molar-refractivity contribution in [2.24, 2.45) is 0 Å². The van der Waals surface area contributed by atoms with Crippen LogP contribution in [0.2, 0.25) is 10.0 Å². The highest BCUT2D eigenvalue weighted by Crippen LogP contribution is 2.23. The van der Waals surface area contributed by atoms with Gasteiger partial charge in [0.15, 0.2) is 0 Å². The van der Waals surface area contributed by atoms with Crippen molar-refractivity contribution in [3.63, 3.8) is 0 Å². The Morgan fingerprint density at radius 3 is 2.18 bits per heavy atom. The fourth-order valence-corrected chi connectivity index (χ4v) is 1.74. The smallest absolute Gasteiger partial charge is 0.116 e. The van der Waals surface area contributed by atoms with E-state index in [9.17, 15) is 5.11 Å². The predicted octanol–water partition coefficient (Wildman–Crippen LogP) is 4.87. The minimum atomic E-state index is 0.251. The maximum atomic E-state index is 9.32. The number of halogens is 2. The number of hydrogen-bond donors (Lipinski definition) is 1. The Labute approximate surface area is 110 Å². The molecule has 0 atom stereocenters. The van der Waals surface area contributed by atoms with Crippen molar-refractivity contribution in [2.75, 3.05) is 0 Å². The summed E-state index contributed by atoms with van der Waals surface area (Å²) in [6.45, 7) is 0. The van der Waals surface area contributed by atoms with Gasteiger partial charge in [-0.15, -0.1) is 0 Å². The second-order valence-corrected chi connectivity index (χ2v) is 4.42. The van der Waals surface area contributed by atoms with Gasteiger partial charge in [-0.2, -0.15) is 0 Å². The lowest BCUT2D eigenvalue weighted by atomic mass is 10.1. The standard InChI is InChI=1S/C14H10Cl2O/c15-13-7-6-11(9-14(13)16)5-4-10-2-1-3-12(17)8-10/h1-9,17H. The molecule has 0 heterocycles. The first-order chi connectivity index (χ1) is 8.15. The largest absolute Gasteiger partial charge is 0.508 e. The topological polar surface area (TPSA) is 20.2 Å². The second-order valence-electron chi connectivity index (χ2n) is 3.60. The van der Waals surface area contributed by atoms with E-state index >= 15 is 0 Å². The second kappa shape index (κ2) is 5.26. The first-order valence-electron chi connectivity index (χ1n) is 5.07. The van der Waals surface area contributed by atoms with Gasteiger partial charge >= 0.3 is 0 Å². The van der Waals surface area contributed by atoms with Crippen LogP contribution >= 0.6 is 23.2 Å². The summed E-state index contributed by atoms with van der Waals surface area (Å²) in [4.78, 5) is 0. The highest BCUT2D eigenvalue weighted by molar-refractivity contribution is 6.42. The third-order valence-corrected chi connectivity index (χ3v) is 3.02. The summed E-state index contributed by atoms with van der Waals surface area (Å²) in [6.07, 6.45) is 3.82. The van der Waals surface area contributed by atoms with Gasteiger partial charge in [-0.05, 0) is 35.4 Å². The molecule has 2 aromatic rings. The summed E-state index contributed by atoms with van der Waals surface area (Å²) in [6, 6.07) is 12.5. The highest BCUT2D eigenvalue weighted by Gasteiger charge is 1.96. The molecule has 2 aromatic carbocycles. The molecule has 0 unspecified atom stereocenters. The van der Waals surface area contributed by atoms with Crippen LogP contribution < -0.4 is 0 Å². The molecule has 0 saturated carbocycles. The van der Waals surface area contributed by atoms with E-state index in [-0.39, 0.29) is 5.75 Å². The molecule has 3 heteroatoms. The minimum Gasteiger partial charge on any atom is -0.508 e. The van der Waals surface area contributed by atoms with Crippen LogP contribution in [0.1, 0.15) is 11.1 Å². The van der Waals surface area contributed by atoms with Crippen LogP contribution in [0.3, 0.4) is 0 Å². The van der Waals surface area contributed by atoms with Gasteiger partial charge in [0, 0.05) is 0 Å². The Morgan fingerprint density at radius 2 is 1.53 bits per heavy atom. The van der Waals surface area contributed by atoms with E-state index in [2.05, 4.69) is 0 Å². The van der Waals surface area contributed by atoms with Gasteiger partial charge in [-0.25, -0.2) is 0 Å². The van der Waals surface area contributed by atoms with E-state index in [1.165, 1.54) is 0 Å². The number of benzene rings is 2. The molecule has 0 fully saturated rings. The summed E-state index contributed by atoms with van der Waals surface area (Å²) in [5.41, 5.74) is 1.89. The zero-order valence-electron chi connectivity index (χ0n) is 8.90. The van der Waals surface area contributed by atoms with Crippen molar-refractivity contribution < 1.29 is 5.11 Å². The van der Waals surface area contributed by atoms with Crippen molar-refractivity contribution in [2.45, 2.75) is 0 Å². The summed E-state index contributed by atoms with van der Waals surface area (Å²) in [5.74, 6) is 0.251. The van der Waals surface area contributed by atoms with E-state index in [0.29, 0.717) is 10.0 Å². The number of rotatable bonds is 2. The Hall–Kier alpha value is -1.44. The summed E-state index contributed by atoms with van der Waals surface area (Å²) >= 11 is 11.7. The number of phenols is 1. The molecular formula is C14H10Cl2O. The van der Waals surface area contributed by atoms with Crippen LogP contribution in [0.15, 0.2) is 42.5 Å². The van der Waals surface area contributed by atoms with E-state index in [1.54, 1.807) is 30.3 Å². The van der Waals surface area contributed by atoms with Crippen molar-refractivity contribution in [3.8, 4) is 5.75 Å². The molecule has 0 aliphatic rings. The van der Waals surface area contributed by atoms with Crippen LogP contribution in [0, 0.1) is 0 Å². The fraction of sp³-hybridized carbons (Fsp3) is 0. The monoisotopic (exact) mass is 264 g/mol. The van der Waals surface area contributed by atoms with Gasteiger partial charge in [-0.1, -0.05) is 53.6 Å². The Balaban J connectivity index is 2.23. The third kappa shape index (κ3) is 3.26. The first kappa shape index (κ1) is 12.0. The molecule has 2 rings (SSSR count). The molecule has 0 aromatic heterocycles. The molecule has 17 heavy (non-hydrogen) atoms. The molecule has 0 saturated heterocycles. The van der Waals surface area contributed by atoms with Crippen LogP contribution in [-0.4, -0.2) is 5.11 Å². The van der Waals surface area contributed by atoms with Crippen molar-refractivity contribution in [1.29, 1.82) is 0 Å². The maximum absolute atomic E-state index is 9.32. The zero-order chi connectivity index (χ0) is 12.3. The normalized spacial score (nSPS) is 10.9. The van der Waals surface area contributed by atoms with E-state index in [0.717, 1.165) is 11.1 Å². The summed E-state index contributed by atoms with van der Waals surface area (Å²) in [7, 11) is 0. The summed E-state index contributed by atoms with van der Waals surface area (Å²) in [5, 5.41) is 10.4. The predicted molar refractivity (Wildman–Crippen MR) is 73.5 cm³/mol. The molecule has 86 valence electrons. The molecule has 0 aliphatic heterocycles. The van der Waals surface area contributed by atoms with Gasteiger partial charge in [0.05, 0.1) is 10.0 Å². The number of phenolic OH excluding ortho intramolecular Hbond substituents is 1. The average Bonchev–Trinajstić information content (AvgIpc) is 2.31. The van der Waals surface area contributed by atoms with Crippen molar-refractivity contribution in [1.82, 2.24) is 0 Å². The molecule has 0 amide bonds. The van der Waals surface area contributed by atoms with Crippen LogP contribution in [0.25, 0.3) is 12.2 Å². The highest BCUT2D eigenvalue weighted by atomic mass is 35.5. The molecule has 0 aliphatic carbocycles. The first-order valence-corrected chi connectivity index (χ1v) is 5.83. The quantitative estimate of drug-likeness (QED) is 0.768.